The first kappa shape index (κ1) is 77.7. The second-order valence-electron chi connectivity index (χ2n) is 19.1. The summed E-state index contributed by atoms with van der Waals surface area (Å²) in [7, 11) is -10.8. The van der Waals surface area contributed by atoms with E-state index in [0.29, 0.717) is 35.7 Å². The van der Waals surface area contributed by atoms with E-state index >= 15 is 0 Å². The van der Waals surface area contributed by atoms with Gasteiger partial charge >= 0.3 is 38.3 Å². The van der Waals surface area contributed by atoms with Gasteiger partial charge in [0, 0.05) is 35.1 Å². The van der Waals surface area contributed by atoms with E-state index in [1.165, 1.54) is 51.4 Å². The van der Waals surface area contributed by atoms with Gasteiger partial charge in [0.05, 0.1) is 24.5 Å². The highest BCUT2D eigenvalue weighted by atomic mass is 32.9. The van der Waals surface area contributed by atoms with Crippen molar-refractivity contribution < 1.29 is 45.5 Å². The highest BCUT2D eigenvalue weighted by molar-refractivity contribution is 8.34. The topological polar surface area (TPSA) is 133 Å². The average molecular weight is 1040 g/mol. The zero-order valence-corrected chi connectivity index (χ0v) is 42.9. The molecule has 0 aromatic rings. The lowest BCUT2D eigenvalue weighted by Crippen LogP contribution is -2.59. The van der Waals surface area contributed by atoms with Crippen molar-refractivity contribution in [3.8, 4) is 0 Å². The Bertz CT molecular complexity index is 1300. The van der Waals surface area contributed by atoms with E-state index in [1.54, 1.807) is 6.92 Å². The van der Waals surface area contributed by atoms with Gasteiger partial charge in [-0.05, 0) is 129 Å². The Kier molecular flexibility index (Phi) is 40.9. The standard InChI is InChI=1S/C36H72O10PS2Si5.9CH4/c1-27(34(38)41-22-19-30-13-15-31(16-14-30)32-17-20-36(21-18-32)23-33(36)47(40)49-48)25-53(11,44-50(4)43-51(5,6)7)46-54(12,45-52(8,9)10)26-28(2)35(39)42-24-29(3)37;;;;;;;;;/h27-33,37H,13-26H2,1-12H3;9*1H4. The lowest BCUT2D eigenvalue weighted by molar-refractivity contribution is -0.153. The molecule has 3 aliphatic carbocycles. The zero-order chi connectivity index (χ0) is 40.7. The molecule has 0 heterocycles. The molecule has 385 valence electrons. The maximum absolute atomic E-state index is 13.5. The van der Waals surface area contributed by atoms with Crippen molar-refractivity contribution in [3.63, 3.8) is 0 Å². The minimum absolute atomic E-state index is 0. The Morgan fingerprint density at radius 1 is 0.730 bits per heavy atom. The summed E-state index contributed by atoms with van der Waals surface area (Å²) < 4.78 is 38.4. The molecule has 3 aliphatic rings. The molecule has 3 fully saturated rings. The summed E-state index contributed by atoms with van der Waals surface area (Å²) in [6.07, 6.45) is 11.1. The van der Waals surface area contributed by atoms with Crippen molar-refractivity contribution in [2.75, 3.05) is 13.2 Å². The third-order valence-corrected chi connectivity index (χ3v) is 31.9. The summed E-state index contributed by atoms with van der Waals surface area (Å²) >= 11 is 5.02. The molecule has 7 atom stereocenters. The van der Waals surface area contributed by atoms with Crippen LogP contribution >= 0.6 is 6.92 Å². The Morgan fingerprint density at radius 2 is 1.19 bits per heavy atom. The molecular weight excluding hydrogens is 936 g/mol. The largest absolute Gasteiger partial charge is 0.619 e. The summed E-state index contributed by atoms with van der Waals surface area (Å²) in [5.74, 6) is 0.582. The van der Waals surface area contributed by atoms with E-state index < -0.39 is 73.9 Å². The van der Waals surface area contributed by atoms with E-state index in [0.717, 1.165) is 34.2 Å². The first-order valence-corrected chi connectivity index (χ1v) is 37.6. The number of hydrogen-bond donors (Lipinski definition) is 1. The molecule has 7 unspecified atom stereocenters. The molecule has 0 aromatic carbocycles. The highest BCUT2D eigenvalue weighted by Crippen LogP contribution is 2.65. The van der Waals surface area contributed by atoms with E-state index in [1.807, 2.05) is 33.5 Å². The van der Waals surface area contributed by atoms with Crippen LogP contribution in [-0.2, 0) is 56.2 Å². The van der Waals surface area contributed by atoms with E-state index in [2.05, 4.69) is 39.3 Å². The SMILES string of the molecule is C.C.C.C.C.C.C.C.C.CC(O)COC(=O)C(C)C[Si](C)(O[Si](C)(C)C)O[Si](C)(CC(C)C(=O)OCCC1CCC(C2CCC3(CC2)CC3[P+]([O-])=S=S)CC1)O[Si](C)O[Si](C)(C)C. The summed E-state index contributed by atoms with van der Waals surface area (Å²) in [6, 6.07) is 0.751. The van der Waals surface area contributed by atoms with Gasteiger partial charge in [0.25, 0.3) is 0 Å². The molecule has 1 N–H and O–H groups in total. The lowest BCUT2D eigenvalue weighted by atomic mass is 9.68. The molecule has 0 aliphatic heterocycles. The van der Waals surface area contributed by atoms with Crippen LogP contribution in [0.1, 0.15) is 152 Å². The summed E-state index contributed by atoms with van der Waals surface area (Å²) in [6.45, 7) is 23.1. The maximum atomic E-state index is 13.5. The average Bonchev–Trinajstić information content (AvgIpc) is 3.73. The molecule has 3 rings (SSSR count). The molecule has 3 saturated carbocycles. The summed E-state index contributed by atoms with van der Waals surface area (Å²) in [5.41, 5.74) is 0.701. The number of aliphatic hydroxyl groups is 1. The Hall–Kier alpha value is 0.524. The predicted molar refractivity (Wildman–Crippen MR) is 293 cm³/mol. The third kappa shape index (κ3) is 26.8. The van der Waals surface area contributed by atoms with Crippen LogP contribution in [0.25, 0.3) is 0 Å². The molecule has 0 aromatic heterocycles. The monoisotopic (exact) mass is 1040 g/mol. The minimum atomic E-state index is -3.14. The van der Waals surface area contributed by atoms with E-state index in [9.17, 15) is 19.6 Å². The van der Waals surface area contributed by atoms with Crippen LogP contribution in [0.3, 0.4) is 0 Å². The fourth-order valence-electron chi connectivity index (χ4n) is 9.01. The first-order chi connectivity index (χ1) is 24.9. The molecule has 0 bridgehead atoms. The van der Waals surface area contributed by atoms with Gasteiger partial charge in [-0.3, -0.25) is 9.59 Å². The number of carbonyl (C=O) groups excluding carboxylic acids is 2. The van der Waals surface area contributed by atoms with Crippen LogP contribution in [0.2, 0.25) is 71.0 Å². The lowest BCUT2D eigenvalue weighted by Gasteiger charge is -2.42. The van der Waals surface area contributed by atoms with Crippen molar-refractivity contribution in [2.45, 2.75) is 235 Å². The quantitative estimate of drug-likeness (QED) is 0.0669. The zero-order valence-electron chi connectivity index (χ0n) is 35.3. The highest BCUT2D eigenvalue weighted by Gasteiger charge is 2.61. The second kappa shape index (κ2) is 33.1. The number of esters is 2. The van der Waals surface area contributed by atoms with Crippen molar-refractivity contribution >= 4 is 82.6 Å². The van der Waals surface area contributed by atoms with Crippen molar-refractivity contribution in [1.82, 2.24) is 0 Å². The molecule has 63 heavy (non-hydrogen) atoms. The van der Waals surface area contributed by atoms with Crippen LogP contribution in [0.4, 0.5) is 0 Å². The van der Waals surface area contributed by atoms with Gasteiger partial charge in [0.15, 0.2) is 16.6 Å². The Balaban J connectivity index is -0.000000697. The van der Waals surface area contributed by atoms with Crippen molar-refractivity contribution in [2.24, 2.45) is 35.0 Å². The summed E-state index contributed by atoms with van der Waals surface area (Å²) in [4.78, 5) is 38.7. The molecular formula is C45H108O10PS2Si5. The van der Waals surface area contributed by atoms with Gasteiger partial charge in [0.1, 0.15) is 28.7 Å². The van der Waals surface area contributed by atoms with Gasteiger partial charge in [-0.25, -0.2) is 0 Å². The smallest absolute Gasteiger partial charge is 0.360 e. The maximum Gasteiger partial charge on any atom is 0.360 e. The van der Waals surface area contributed by atoms with Gasteiger partial charge in [0.2, 0.25) is 0 Å². The number of ether oxygens (including phenoxy) is 2. The fraction of sp³-hybridized carbons (Fsp3) is 0.956. The second-order valence-corrected chi connectivity index (χ2v) is 41.4. The number of aliphatic hydroxyl groups excluding tert-OH is 1. The predicted octanol–water partition coefficient (Wildman–Crippen LogP) is 13.8. The fourth-order valence-corrected chi connectivity index (χ4v) is 32.7. The van der Waals surface area contributed by atoms with Crippen LogP contribution in [-0.4, -0.2) is 85.1 Å². The molecule has 1 radical (unpaired) electrons. The van der Waals surface area contributed by atoms with Crippen molar-refractivity contribution in [3.05, 3.63) is 0 Å². The molecule has 18 heteroatoms. The first-order valence-electron chi connectivity index (χ1n) is 20.3. The normalized spacial score (nSPS) is 24.9. The van der Waals surface area contributed by atoms with Crippen LogP contribution in [0, 0.1) is 35.0 Å². The molecule has 10 nitrogen and oxygen atoms in total. The molecule has 0 saturated heterocycles. The van der Waals surface area contributed by atoms with Gasteiger partial charge in [-0.1, -0.05) is 93.5 Å². The van der Waals surface area contributed by atoms with Crippen LogP contribution in [0.15, 0.2) is 0 Å². The van der Waals surface area contributed by atoms with Crippen LogP contribution in [0.5, 0.6) is 0 Å². The van der Waals surface area contributed by atoms with Gasteiger partial charge in [-0.15, -0.1) is 0 Å². The number of rotatable bonds is 21. The van der Waals surface area contributed by atoms with E-state index in [-0.39, 0.29) is 79.4 Å². The van der Waals surface area contributed by atoms with E-state index in [4.69, 9.17) is 37.1 Å². The van der Waals surface area contributed by atoms with Gasteiger partial charge in [-0.2, -0.15) is 0 Å². The minimum Gasteiger partial charge on any atom is -0.619 e. The molecule has 1 spiro atoms. The Morgan fingerprint density at radius 3 is 1.63 bits per heavy atom. The number of hydrogen-bond acceptors (Lipinski definition) is 11. The van der Waals surface area contributed by atoms with Gasteiger partial charge < -0.3 is 35.9 Å². The molecule has 0 amide bonds. The summed E-state index contributed by atoms with van der Waals surface area (Å²) in [5, 5.41) is 9.65. The number of carbonyl (C=O) groups is 2. The van der Waals surface area contributed by atoms with Crippen molar-refractivity contribution in [1.29, 1.82) is 0 Å². The third-order valence-electron chi connectivity index (χ3n) is 11.2. The van der Waals surface area contributed by atoms with Crippen LogP contribution < -0.4 is 4.89 Å². The Labute approximate surface area is 408 Å².